The van der Waals surface area contributed by atoms with Crippen molar-refractivity contribution in [3.8, 4) is 0 Å². The lowest BCUT2D eigenvalue weighted by Crippen LogP contribution is -2.43. The normalized spacial score (nSPS) is 11.3. The number of nitrogens with two attached hydrogens (primary N) is 1. The molecule has 0 aliphatic heterocycles. The van der Waals surface area contributed by atoms with Gasteiger partial charge in [0, 0.05) is 11.8 Å². The van der Waals surface area contributed by atoms with Crippen LogP contribution >= 0.6 is 0 Å². The van der Waals surface area contributed by atoms with Gasteiger partial charge >= 0.3 is 0 Å². The molecule has 0 unspecified atom stereocenters. The van der Waals surface area contributed by atoms with Gasteiger partial charge in [-0.3, -0.25) is 9.89 Å². The third-order valence-electron chi connectivity index (χ3n) is 1.86. The van der Waals surface area contributed by atoms with Gasteiger partial charge in [0.1, 0.15) is 0 Å². The fourth-order valence-electron chi connectivity index (χ4n) is 1.06. The van der Waals surface area contributed by atoms with Crippen LogP contribution in [-0.4, -0.2) is 22.6 Å². The molecule has 1 amide bonds. The molecule has 13 heavy (non-hydrogen) atoms. The zero-order valence-corrected chi connectivity index (χ0v) is 7.79. The van der Waals surface area contributed by atoms with Gasteiger partial charge in [0.2, 0.25) is 5.91 Å². The van der Waals surface area contributed by atoms with Crippen molar-refractivity contribution in [2.45, 2.75) is 19.4 Å². The standard InChI is InChI=1S/C8H14N4O/c1-8(2,12-7(13)3-9)6-4-10-11-5-6/h4-5H,3,9H2,1-2H3,(H,10,11)(H,12,13). The van der Waals surface area contributed by atoms with E-state index in [4.69, 9.17) is 5.73 Å². The predicted octanol–water partition coefficient (Wildman–Crippen LogP) is -0.280. The van der Waals surface area contributed by atoms with Crippen LogP contribution in [0.2, 0.25) is 0 Å². The van der Waals surface area contributed by atoms with E-state index in [-0.39, 0.29) is 12.5 Å². The van der Waals surface area contributed by atoms with Gasteiger partial charge in [-0.2, -0.15) is 5.10 Å². The molecule has 1 aromatic rings. The highest BCUT2D eigenvalue weighted by atomic mass is 16.1. The Labute approximate surface area is 76.7 Å². The first-order chi connectivity index (χ1) is 6.06. The summed E-state index contributed by atoms with van der Waals surface area (Å²) in [6.07, 6.45) is 3.42. The van der Waals surface area contributed by atoms with Gasteiger partial charge < -0.3 is 11.1 Å². The average molecular weight is 182 g/mol. The minimum Gasteiger partial charge on any atom is -0.346 e. The molecule has 0 radical (unpaired) electrons. The van der Waals surface area contributed by atoms with Crippen LogP contribution < -0.4 is 11.1 Å². The summed E-state index contributed by atoms with van der Waals surface area (Å²) in [5, 5.41) is 9.29. The molecule has 0 aromatic carbocycles. The van der Waals surface area contributed by atoms with Crippen molar-refractivity contribution in [1.29, 1.82) is 0 Å². The van der Waals surface area contributed by atoms with Gasteiger partial charge in [0.25, 0.3) is 0 Å². The molecule has 0 aliphatic rings. The fraction of sp³-hybridized carbons (Fsp3) is 0.500. The highest BCUT2D eigenvalue weighted by molar-refractivity contribution is 5.78. The Morgan fingerprint density at radius 1 is 1.77 bits per heavy atom. The second-order valence-electron chi connectivity index (χ2n) is 3.36. The molecule has 0 spiro atoms. The van der Waals surface area contributed by atoms with Crippen molar-refractivity contribution in [2.75, 3.05) is 6.54 Å². The summed E-state index contributed by atoms with van der Waals surface area (Å²) >= 11 is 0. The minimum absolute atomic E-state index is 0.00127. The molecule has 1 rings (SSSR count). The van der Waals surface area contributed by atoms with Crippen LogP contribution in [0.25, 0.3) is 0 Å². The predicted molar refractivity (Wildman–Crippen MR) is 48.8 cm³/mol. The monoisotopic (exact) mass is 182 g/mol. The van der Waals surface area contributed by atoms with Crippen LogP contribution in [0.1, 0.15) is 19.4 Å². The maximum atomic E-state index is 11.1. The van der Waals surface area contributed by atoms with E-state index in [0.29, 0.717) is 0 Å². The van der Waals surface area contributed by atoms with Crippen molar-refractivity contribution in [3.63, 3.8) is 0 Å². The second kappa shape index (κ2) is 3.57. The zero-order valence-electron chi connectivity index (χ0n) is 7.79. The molecule has 0 saturated carbocycles. The largest absolute Gasteiger partial charge is 0.346 e. The Hall–Kier alpha value is -1.36. The molecule has 0 atom stereocenters. The maximum Gasteiger partial charge on any atom is 0.234 e. The van der Waals surface area contributed by atoms with Gasteiger partial charge in [-0.1, -0.05) is 0 Å². The maximum absolute atomic E-state index is 11.1. The number of amides is 1. The Morgan fingerprint density at radius 3 is 2.92 bits per heavy atom. The molecule has 0 saturated heterocycles. The zero-order chi connectivity index (χ0) is 9.90. The number of carbonyl (C=O) groups is 1. The van der Waals surface area contributed by atoms with Crippen LogP contribution in [0.4, 0.5) is 0 Å². The summed E-state index contributed by atoms with van der Waals surface area (Å²) < 4.78 is 0. The van der Waals surface area contributed by atoms with Crippen LogP contribution in [0.15, 0.2) is 12.4 Å². The Kier molecular flexibility index (Phi) is 2.67. The molecular weight excluding hydrogens is 168 g/mol. The third-order valence-corrected chi connectivity index (χ3v) is 1.86. The van der Waals surface area contributed by atoms with E-state index in [1.54, 1.807) is 12.4 Å². The fourth-order valence-corrected chi connectivity index (χ4v) is 1.06. The third kappa shape index (κ3) is 2.29. The molecule has 4 N–H and O–H groups in total. The van der Waals surface area contributed by atoms with E-state index in [2.05, 4.69) is 15.5 Å². The summed E-state index contributed by atoms with van der Waals surface area (Å²) in [5.74, 6) is -0.175. The Morgan fingerprint density at radius 2 is 2.46 bits per heavy atom. The van der Waals surface area contributed by atoms with Gasteiger partial charge in [0.05, 0.1) is 18.3 Å². The van der Waals surface area contributed by atoms with Crippen LogP contribution in [0.5, 0.6) is 0 Å². The molecule has 5 heteroatoms. The number of nitrogens with one attached hydrogen (secondary N) is 2. The van der Waals surface area contributed by atoms with Crippen LogP contribution in [-0.2, 0) is 10.3 Å². The Bertz CT molecular complexity index is 278. The van der Waals surface area contributed by atoms with Crippen LogP contribution in [0.3, 0.4) is 0 Å². The molecular formula is C8H14N4O. The van der Waals surface area contributed by atoms with E-state index in [1.165, 1.54) is 0 Å². The van der Waals surface area contributed by atoms with Crippen molar-refractivity contribution in [1.82, 2.24) is 15.5 Å². The molecule has 0 bridgehead atoms. The molecule has 0 fully saturated rings. The molecule has 0 aliphatic carbocycles. The van der Waals surface area contributed by atoms with Crippen molar-refractivity contribution >= 4 is 5.91 Å². The highest BCUT2D eigenvalue weighted by Gasteiger charge is 2.22. The number of carbonyl (C=O) groups excluding carboxylic acids is 1. The van der Waals surface area contributed by atoms with Gasteiger partial charge in [0.15, 0.2) is 0 Å². The lowest BCUT2D eigenvalue weighted by molar-refractivity contribution is -0.121. The SMILES string of the molecule is CC(C)(NC(=O)CN)c1cn[nH]c1. The number of aromatic nitrogens is 2. The number of rotatable bonds is 3. The van der Waals surface area contributed by atoms with Gasteiger partial charge in [-0.15, -0.1) is 0 Å². The number of aromatic amines is 1. The lowest BCUT2D eigenvalue weighted by Gasteiger charge is -2.24. The van der Waals surface area contributed by atoms with Gasteiger partial charge in [-0.05, 0) is 13.8 Å². The lowest BCUT2D eigenvalue weighted by atomic mass is 9.98. The van der Waals surface area contributed by atoms with E-state index >= 15 is 0 Å². The van der Waals surface area contributed by atoms with Gasteiger partial charge in [-0.25, -0.2) is 0 Å². The van der Waals surface area contributed by atoms with Crippen molar-refractivity contribution < 1.29 is 4.79 Å². The second-order valence-corrected chi connectivity index (χ2v) is 3.36. The number of H-pyrrole nitrogens is 1. The van der Waals surface area contributed by atoms with Crippen LogP contribution in [0, 0.1) is 0 Å². The van der Waals surface area contributed by atoms with E-state index in [0.717, 1.165) is 5.56 Å². The molecule has 72 valence electrons. The van der Waals surface area contributed by atoms with Crippen molar-refractivity contribution in [2.24, 2.45) is 5.73 Å². The summed E-state index contributed by atoms with van der Waals surface area (Å²) in [7, 11) is 0. The van der Waals surface area contributed by atoms with E-state index in [9.17, 15) is 4.79 Å². The minimum atomic E-state index is -0.427. The Balaban J connectivity index is 2.72. The number of nitrogens with zero attached hydrogens (tertiary/aromatic N) is 1. The smallest absolute Gasteiger partial charge is 0.234 e. The first-order valence-electron chi connectivity index (χ1n) is 4.06. The summed E-state index contributed by atoms with van der Waals surface area (Å²) in [5.41, 5.74) is 5.70. The molecule has 1 heterocycles. The summed E-state index contributed by atoms with van der Waals surface area (Å²) in [4.78, 5) is 11.1. The summed E-state index contributed by atoms with van der Waals surface area (Å²) in [6.45, 7) is 3.79. The number of hydrogen-bond donors (Lipinski definition) is 3. The first kappa shape index (κ1) is 9.73. The number of hydrogen-bond acceptors (Lipinski definition) is 3. The van der Waals surface area contributed by atoms with E-state index < -0.39 is 5.54 Å². The molecule has 5 nitrogen and oxygen atoms in total. The summed E-state index contributed by atoms with van der Waals surface area (Å²) in [6, 6.07) is 0. The van der Waals surface area contributed by atoms with E-state index in [1.807, 2.05) is 13.8 Å². The molecule has 1 aromatic heterocycles. The first-order valence-corrected chi connectivity index (χ1v) is 4.06. The average Bonchev–Trinajstić information content (AvgIpc) is 2.55. The van der Waals surface area contributed by atoms with Crippen molar-refractivity contribution in [3.05, 3.63) is 18.0 Å². The quantitative estimate of drug-likeness (QED) is 0.601. The topological polar surface area (TPSA) is 83.8 Å². The highest BCUT2D eigenvalue weighted by Crippen LogP contribution is 2.17.